The van der Waals surface area contributed by atoms with E-state index in [0.717, 1.165) is 39.8 Å². The summed E-state index contributed by atoms with van der Waals surface area (Å²) >= 11 is 0. The number of hydrogen-bond donors (Lipinski definition) is 0. The Bertz CT molecular complexity index is 993. The molecule has 36 heavy (non-hydrogen) atoms. The SMILES string of the molecule is CC(=O)OCc1cc(F)ccc1O[C@@H]1OC(COC(C)=O)[C@@H](OC(C)=O)C(OC(C)=O)C1OC(C)=O. The molecule has 0 aromatic heterocycles. The number of ether oxygens (including phenoxy) is 7. The van der Waals surface area contributed by atoms with Crippen molar-refractivity contribution >= 4 is 29.8 Å². The van der Waals surface area contributed by atoms with E-state index in [9.17, 15) is 28.4 Å². The number of carbonyl (C=O) groups excluding carboxylic acids is 5. The van der Waals surface area contributed by atoms with Gasteiger partial charge in [-0.1, -0.05) is 0 Å². The molecule has 3 unspecified atom stereocenters. The Morgan fingerprint density at radius 2 is 1.33 bits per heavy atom. The summed E-state index contributed by atoms with van der Waals surface area (Å²) in [4.78, 5) is 58.2. The molecule has 1 aliphatic rings. The molecule has 0 saturated carbocycles. The van der Waals surface area contributed by atoms with E-state index in [1.165, 1.54) is 13.0 Å². The standard InChI is InChI=1S/C23H27FO12/c1-11(25)30-9-16-8-17(24)6-7-18(16)35-23-22(34-15(5)29)21(33-14(4)28)20(32-13(3)27)19(36-23)10-31-12(2)26/h6-8,19-23H,9-10H2,1-5H3/t19?,20-,21?,22?,23-/m1/s1. The van der Waals surface area contributed by atoms with Crippen molar-refractivity contribution in [1.82, 2.24) is 0 Å². The first kappa shape index (κ1) is 28.5. The second-order valence-electron chi connectivity index (χ2n) is 7.72. The smallest absolute Gasteiger partial charge is 0.303 e. The Morgan fingerprint density at radius 3 is 1.89 bits per heavy atom. The Morgan fingerprint density at radius 1 is 0.778 bits per heavy atom. The lowest BCUT2D eigenvalue weighted by Crippen LogP contribution is -2.63. The van der Waals surface area contributed by atoms with Gasteiger partial charge in [0.05, 0.1) is 0 Å². The van der Waals surface area contributed by atoms with Gasteiger partial charge in [0, 0.05) is 40.2 Å². The number of rotatable bonds is 9. The molecule has 1 aromatic rings. The predicted octanol–water partition coefficient (Wildman–Crippen LogP) is 1.35. The highest BCUT2D eigenvalue weighted by Crippen LogP contribution is 2.32. The van der Waals surface area contributed by atoms with Crippen LogP contribution in [0.15, 0.2) is 18.2 Å². The summed E-state index contributed by atoms with van der Waals surface area (Å²) < 4.78 is 51.4. The Kier molecular flexibility index (Phi) is 10.1. The molecular weight excluding hydrogens is 487 g/mol. The predicted molar refractivity (Wildman–Crippen MR) is 114 cm³/mol. The van der Waals surface area contributed by atoms with Crippen LogP contribution in [0.1, 0.15) is 40.2 Å². The lowest BCUT2D eigenvalue weighted by atomic mass is 9.98. The van der Waals surface area contributed by atoms with Gasteiger partial charge in [0.25, 0.3) is 0 Å². The molecule has 0 aliphatic carbocycles. The molecule has 0 amide bonds. The van der Waals surface area contributed by atoms with Gasteiger partial charge in [-0.2, -0.15) is 0 Å². The fourth-order valence-electron chi connectivity index (χ4n) is 3.36. The Hall–Kier alpha value is -3.74. The highest BCUT2D eigenvalue weighted by atomic mass is 19.1. The van der Waals surface area contributed by atoms with Gasteiger partial charge in [-0.15, -0.1) is 0 Å². The molecule has 198 valence electrons. The zero-order chi connectivity index (χ0) is 27.0. The first-order valence-corrected chi connectivity index (χ1v) is 10.8. The maximum atomic E-state index is 13.9. The minimum Gasteiger partial charge on any atom is -0.463 e. The van der Waals surface area contributed by atoms with Crippen LogP contribution in [0.3, 0.4) is 0 Å². The van der Waals surface area contributed by atoms with Crippen molar-refractivity contribution in [3.63, 3.8) is 0 Å². The van der Waals surface area contributed by atoms with Gasteiger partial charge in [0.15, 0.2) is 12.2 Å². The second kappa shape index (κ2) is 12.8. The van der Waals surface area contributed by atoms with Gasteiger partial charge in [-0.05, 0) is 18.2 Å². The molecule has 1 aliphatic heterocycles. The van der Waals surface area contributed by atoms with Crippen LogP contribution >= 0.6 is 0 Å². The summed E-state index contributed by atoms with van der Waals surface area (Å²) in [5.74, 6) is -4.36. The van der Waals surface area contributed by atoms with E-state index in [0.29, 0.717) is 0 Å². The van der Waals surface area contributed by atoms with Gasteiger partial charge in [-0.3, -0.25) is 24.0 Å². The summed E-state index contributed by atoms with van der Waals surface area (Å²) in [6.07, 6.45) is -7.02. The molecule has 1 heterocycles. The van der Waals surface area contributed by atoms with Crippen LogP contribution in [-0.4, -0.2) is 67.2 Å². The van der Waals surface area contributed by atoms with Crippen LogP contribution in [0.5, 0.6) is 5.75 Å². The Labute approximate surface area is 205 Å². The lowest BCUT2D eigenvalue weighted by Gasteiger charge is -2.44. The monoisotopic (exact) mass is 514 g/mol. The third-order valence-corrected chi connectivity index (χ3v) is 4.64. The van der Waals surface area contributed by atoms with Crippen LogP contribution in [0, 0.1) is 5.82 Å². The average molecular weight is 514 g/mol. The van der Waals surface area contributed by atoms with E-state index < -0.39 is 73.0 Å². The average Bonchev–Trinajstić information content (AvgIpc) is 2.75. The minimum atomic E-state index is -1.52. The second-order valence-corrected chi connectivity index (χ2v) is 7.72. The lowest BCUT2D eigenvalue weighted by molar-refractivity contribution is -0.288. The van der Waals surface area contributed by atoms with Crippen LogP contribution in [0.2, 0.25) is 0 Å². The number of benzene rings is 1. The molecule has 1 aromatic carbocycles. The Balaban J connectivity index is 2.51. The van der Waals surface area contributed by atoms with Crippen LogP contribution in [0.4, 0.5) is 4.39 Å². The third kappa shape index (κ3) is 8.48. The zero-order valence-corrected chi connectivity index (χ0v) is 20.3. The summed E-state index contributed by atoms with van der Waals surface area (Å²) in [6.45, 7) is 4.77. The van der Waals surface area contributed by atoms with Gasteiger partial charge in [-0.25, -0.2) is 4.39 Å². The van der Waals surface area contributed by atoms with Crippen molar-refractivity contribution in [2.45, 2.75) is 71.9 Å². The first-order valence-electron chi connectivity index (χ1n) is 10.8. The highest BCUT2D eigenvalue weighted by Gasteiger charge is 2.53. The van der Waals surface area contributed by atoms with Crippen molar-refractivity contribution in [3.05, 3.63) is 29.6 Å². The van der Waals surface area contributed by atoms with Crippen molar-refractivity contribution in [2.24, 2.45) is 0 Å². The first-order chi connectivity index (χ1) is 16.9. The maximum absolute atomic E-state index is 13.9. The summed E-state index contributed by atoms with van der Waals surface area (Å²) in [5.41, 5.74) is 0.109. The molecule has 5 atom stereocenters. The highest BCUT2D eigenvalue weighted by molar-refractivity contribution is 5.69. The maximum Gasteiger partial charge on any atom is 0.303 e. The summed E-state index contributed by atoms with van der Waals surface area (Å²) in [5, 5.41) is 0. The van der Waals surface area contributed by atoms with E-state index in [-0.39, 0.29) is 17.9 Å². The van der Waals surface area contributed by atoms with E-state index >= 15 is 0 Å². The fourth-order valence-corrected chi connectivity index (χ4v) is 3.36. The van der Waals surface area contributed by atoms with E-state index in [1.54, 1.807) is 0 Å². The molecule has 1 saturated heterocycles. The van der Waals surface area contributed by atoms with Crippen molar-refractivity contribution in [1.29, 1.82) is 0 Å². The van der Waals surface area contributed by atoms with Crippen molar-refractivity contribution in [3.8, 4) is 5.75 Å². The molecule has 0 N–H and O–H groups in total. The number of halogens is 1. The fraction of sp³-hybridized carbons (Fsp3) is 0.522. The molecular formula is C23H27FO12. The van der Waals surface area contributed by atoms with E-state index in [2.05, 4.69) is 0 Å². The van der Waals surface area contributed by atoms with Gasteiger partial charge in [0.1, 0.15) is 30.9 Å². The van der Waals surface area contributed by atoms with E-state index in [4.69, 9.17) is 33.2 Å². The van der Waals surface area contributed by atoms with Crippen molar-refractivity contribution < 1.29 is 61.5 Å². The quantitative estimate of drug-likeness (QED) is 0.346. The number of carbonyl (C=O) groups is 5. The number of esters is 5. The minimum absolute atomic E-state index is 0.0152. The number of hydrogen-bond acceptors (Lipinski definition) is 12. The largest absolute Gasteiger partial charge is 0.463 e. The molecule has 12 nitrogen and oxygen atoms in total. The molecule has 0 bridgehead atoms. The molecule has 1 fully saturated rings. The normalized spacial score (nSPS) is 23.1. The molecule has 0 radical (unpaired) electrons. The van der Waals surface area contributed by atoms with Gasteiger partial charge < -0.3 is 33.2 Å². The van der Waals surface area contributed by atoms with Crippen molar-refractivity contribution in [2.75, 3.05) is 6.61 Å². The third-order valence-electron chi connectivity index (χ3n) is 4.64. The summed E-state index contributed by atoms with van der Waals surface area (Å²) in [7, 11) is 0. The molecule has 2 rings (SSSR count). The van der Waals surface area contributed by atoms with Crippen LogP contribution in [-0.2, 0) is 59.0 Å². The van der Waals surface area contributed by atoms with Crippen LogP contribution < -0.4 is 4.74 Å². The van der Waals surface area contributed by atoms with E-state index in [1.807, 2.05) is 0 Å². The summed E-state index contributed by atoms with van der Waals surface area (Å²) in [6, 6.07) is 3.35. The molecule has 13 heteroatoms. The van der Waals surface area contributed by atoms with Crippen LogP contribution in [0.25, 0.3) is 0 Å². The zero-order valence-electron chi connectivity index (χ0n) is 20.3. The topological polar surface area (TPSA) is 150 Å². The van der Waals surface area contributed by atoms with Gasteiger partial charge in [0.2, 0.25) is 12.4 Å². The van der Waals surface area contributed by atoms with Gasteiger partial charge >= 0.3 is 29.8 Å². The molecule has 0 spiro atoms.